The molecule has 1 fully saturated rings. The minimum Gasteiger partial charge on any atom is -0.477 e. The van der Waals surface area contributed by atoms with Crippen LogP contribution in [0, 0.1) is 15.9 Å². The first-order valence-corrected chi connectivity index (χ1v) is 14.6. The highest BCUT2D eigenvalue weighted by atomic mass is 32.1. The third kappa shape index (κ3) is 7.16. The fraction of sp³-hybridized carbons (Fsp3) is 0.400. The number of aromatic nitrogens is 1. The lowest BCUT2D eigenvalue weighted by Crippen LogP contribution is -2.37. The van der Waals surface area contributed by atoms with Gasteiger partial charge in [0.25, 0.3) is 5.69 Å². The number of ether oxygens (including phenoxy) is 2. The molecule has 4 rings (SSSR count). The number of hydrogen-bond donors (Lipinski definition) is 1. The first-order chi connectivity index (χ1) is 20.3. The Morgan fingerprint density at radius 2 is 1.86 bits per heavy atom. The maximum absolute atomic E-state index is 13.6. The number of carbonyl (C=O) groups is 3. The fourth-order valence-electron chi connectivity index (χ4n) is 5.00. The number of benzene rings is 1. The quantitative estimate of drug-likeness (QED) is 0.160. The van der Waals surface area contributed by atoms with Crippen LogP contribution in [0.3, 0.4) is 0 Å². The van der Waals surface area contributed by atoms with Gasteiger partial charge in [0.05, 0.1) is 34.4 Å². The number of carbonyl (C=O) groups excluding carboxylic acids is 2. The average Bonchev–Trinajstić information content (AvgIpc) is 3.61. The lowest BCUT2D eigenvalue weighted by atomic mass is 9.94. The van der Waals surface area contributed by atoms with E-state index in [-0.39, 0.29) is 51.7 Å². The second kappa shape index (κ2) is 12.9. The summed E-state index contributed by atoms with van der Waals surface area (Å²) in [6.07, 6.45) is 0.646. The van der Waals surface area contributed by atoms with Crippen molar-refractivity contribution in [2.45, 2.75) is 65.0 Å². The van der Waals surface area contributed by atoms with Crippen LogP contribution in [0.1, 0.15) is 83.6 Å². The van der Waals surface area contributed by atoms with E-state index in [0.717, 1.165) is 11.3 Å². The second-order valence-corrected chi connectivity index (χ2v) is 12.0. The molecule has 0 aliphatic carbocycles. The molecular formula is C30H32FN3O8S. The highest BCUT2D eigenvalue weighted by Gasteiger charge is 2.41. The molecule has 13 heteroatoms. The molecule has 11 nitrogen and oxygen atoms in total. The topological polar surface area (TPSA) is 149 Å². The van der Waals surface area contributed by atoms with Crippen molar-refractivity contribution < 1.29 is 38.3 Å². The van der Waals surface area contributed by atoms with Gasteiger partial charge in [-0.15, -0.1) is 11.3 Å². The van der Waals surface area contributed by atoms with Crippen molar-refractivity contribution in [3.8, 4) is 10.4 Å². The van der Waals surface area contributed by atoms with Crippen molar-refractivity contribution in [2.75, 3.05) is 13.2 Å². The number of nitrogens with zero attached hydrogens (tertiary/aromatic N) is 3. The van der Waals surface area contributed by atoms with Gasteiger partial charge in [-0.2, -0.15) is 0 Å². The number of hydrogen-bond acceptors (Lipinski definition) is 9. The maximum atomic E-state index is 13.6. The molecule has 1 aliphatic heterocycles. The Bertz CT molecular complexity index is 1550. The van der Waals surface area contributed by atoms with Crippen molar-refractivity contribution in [3.63, 3.8) is 0 Å². The highest BCUT2D eigenvalue weighted by molar-refractivity contribution is 7.17. The van der Waals surface area contributed by atoms with E-state index in [1.165, 1.54) is 29.2 Å². The van der Waals surface area contributed by atoms with E-state index < -0.39 is 46.1 Å². The summed E-state index contributed by atoms with van der Waals surface area (Å²) in [5.74, 6) is -2.53. The number of nitro groups is 1. The summed E-state index contributed by atoms with van der Waals surface area (Å²) in [6, 6.07) is 7.65. The SMILES string of the molecule is CCOC(=O)c1c([C@@H]2CCCN2C(=O)OC(C)(C)C)nc(CCc2ccc(F)cc2)c([N+](=O)[O-])c1-c1ccc(C(=O)O)s1. The molecule has 228 valence electrons. The summed E-state index contributed by atoms with van der Waals surface area (Å²) in [5, 5.41) is 22.2. The summed E-state index contributed by atoms with van der Waals surface area (Å²) >= 11 is 0.780. The number of carboxylic acid groups (broad SMARTS) is 1. The molecule has 1 N–H and O–H groups in total. The predicted octanol–water partition coefficient (Wildman–Crippen LogP) is 6.59. The van der Waals surface area contributed by atoms with Crippen LogP contribution in [0.15, 0.2) is 36.4 Å². The third-order valence-electron chi connectivity index (χ3n) is 6.76. The van der Waals surface area contributed by atoms with Crippen molar-refractivity contribution in [1.29, 1.82) is 0 Å². The normalized spacial score (nSPS) is 14.9. The number of amides is 1. The highest BCUT2D eigenvalue weighted by Crippen LogP contribution is 2.45. The fourth-order valence-corrected chi connectivity index (χ4v) is 5.90. The van der Waals surface area contributed by atoms with Crippen LogP contribution in [0.4, 0.5) is 14.9 Å². The zero-order chi connectivity index (χ0) is 31.5. The van der Waals surface area contributed by atoms with Crippen LogP contribution in [0.5, 0.6) is 0 Å². The lowest BCUT2D eigenvalue weighted by molar-refractivity contribution is -0.385. The van der Waals surface area contributed by atoms with Gasteiger partial charge in [-0.05, 0) is 76.8 Å². The Morgan fingerprint density at radius 3 is 2.44 bits per heavy atom. The number of likely N-dealkylation sites (tertiary alicyclic amines) is 1. The summed E-state index contributed by atoms with van der Waals surface area (Å²) < 4.78 is 24.5. The first kappa shape index (κ1) is 31.5. The minimum absolute atomic E-state index is 0.0358. The smallest absolute Gasteiger partial charge is 0.410 e. The molecule has 43 heavy (non-hydrogen) atoms. The molecule has 0 unspecified atom stereocenters. The standard InChI is InChI=1S/C30H32FN3O8S/c1-5-41-28(37)24-23(21-14-15-22(43-21)27(35)36)26(34(39)40)19(13-10-17-8-11-18(31)12-9-17)32-25(24)20-7-6-16-33(20)29(38)42-30(2,3)4/h8-9,11-12,14-15,20H,5-7,10,13,16H2,1-4H3,(H,35,36)/t20-/m0/s1. The van der Waals surface area contributed by atoms with Crippen molar-refractivity contribution in [2.24, 2.45) is 0 Å². The summed E-state index contributed by atoms with van der Waals surface area (Å²) in [7, 11) is 0. The zero-order valence-electron chi connectivity index (χ0n) is 24.2. The molecule has 2 aromatic heterocycles. The molecule has 0 bridgehead atoms. The molecule has 1 aliphatic rings. The number of thiophene rings is 1. The number of pyridine rings is 1. The number of carboxylic acids is 1. The lowest BCUT2D eigenvalue weighted by Gasteiger charge is -2.29. The zero-order valence-corrected chi connectivity index (χ0v) is 25.0. The van der Waals surface area contributed by atoms with Crippen LogP contribution in [-0.2, 0) is 22.3 Å². The first-order valence-electron chi connectivity index (χ1n) is 13.8. The van der Waals surface area contributed by atoms with Gasteiger partial charge in [-0.3, -0.25) is 15.0 Å². The molecule has 3 heterocycles. The Morgan fingerprint density at radius 1 is 1.16 bits per heavy atom. The Hall–Kier alpha value is -4.39. The molecule has 0 saturated carbocycles. The van der Waals surface area contributed by atoms with Gasteiger partial charge in [-0.25, -0.2) is 23.8 Å². The van der Waals surface area contributed by atoms with E-state index in [1.54, 1.807) is 39.8 Å². The molecular weight excluding hydrogens is 581 g/mol. The van der Waals surface area contributed by atoms with Crippen LogP contribution in [0.2, 0.25) is 0 Å². The van der Waals surface area contributed by atoms with E-state index in [2.05, 4.69) is 0 Å². The monoisotopic (exact) mass is 613 g/mol. The van der Waals surface area contributed by atoms with Gasteiger partial charge < -0.3 is 14.6 Å². The number of halogens is 1. The van der Waals surface area contributed by atoms with Gasteiger partial charge in [0.2, 0.25) is 0 Å². The molecule has 1 atom stereocenters. The Labute approximate surface area is 251 Å². The molecule has 0 radical (unpaired) electrons. The minimum atomic E-state index is -1.23. The van der Waals surface area contributed by atoms with Crippen LogP contribution < -0.4 is 0 Å². The van der Waals surface area contributed by atoms with Gasteiger partial charge in [0.15, 0.2) is 0 Å². The van der Waals surface area contributed by atoms with Gasteiger partial charge in [-0.1, -0.05) is 12.1 Å². The maximum Gasteiger partial charge on any atom is 0.410 e. The molecule has 3 aromatic rings. The van der Waals surface area contributed by atoms with Crippen LogP contribution in [0.25, 0.3) is 10.4 Å². The van der Waals surface area contributed by atoms with E-state index in [4.69, 9.17) is 14.5 Å². The van der Waals surface area contributed by atoms with Crippen molar-refractivity contribution in [1.82, 2.24) is 9.88 Å². The third-order valence-corrected chi connectivity index (χ3v) is 7.85. The number of rotatable bonds is 9. The van der Waals surface area contributed by atoms with Crippen LogP contribution in [-0.4, -0.2) is 56.7 Å². The van der Waals surface area contributed by atoms with E-state index >= 15 is 0 Å². The molecule has 1 saturated heterocycles. The van der Waals surface area contributed by atoms with E-state index in [9.17, 15) is 34.0 Å². The number of aromatic carboxylic acids is 1. The molecule has 1 amide bonds. The Balaban J connectivity index is 1.98. The van der Waals surface area contributed by atoms with Gasteiger partial charge >= 0.3 is 18.0 Å². The summed E-state index contributed by atoms with van der Waals surface area (Å²) in [5.41, 5.74) is -0.720. The summed E-state index contributed by atoms with van der Waals surface area (Å²) in [4.78, 5) is 56.8. The predicted molar refractivity (Wildman–Crippen MR) is 156 cm³/mol. The second-order valence-electron chi connectivity index (χ2n) is 10.9. The van der Waals surface area contributed by atoms with Gasteiger partial charge in [0, 0.05) is 17.8 Å². The largest absolute Gasteiger partial charge is 0.477 e. The van der Waals surface area contributed by atoms with Crippen LogP contribution >= 0.6 is 11.3 Å². The molecule has 1 aromatic carbocycles. The molecule has 0 spiro atoms. The van der Waals surface area contributed by atoms with E-state index in [0.29, 0.717) is 24.9 Å². The summed E-state index contributed by atoms with van der Waals surface area (Å²) in [6.45, 7) is 7.05. The van der Waals surface area contributed by atoms with Crippen molar-refractivity contribution >= 4 is 35.1 Å². The van der Waals surface area contributed by atoms with E-state index in [1.807, 2.05) is 0 Å². The average molecular weight is 614 g/mol. The number of esters is 1. The Kier molecular flexibility index (Phi) is 9.43. The number of aryl methyl sites for hydroxylation is 2. The van der Waals surface area contributed by atoms with Crippen molar-refractivity contribution in [3.05, 3.63) is 79.7 Å². The van der Waals surface area contributed by atoms with Gasteiger partial charge in [0.1, 0.15) is 22.0 Å².